The zero-order chi connectivity index (χ0) is 21.7. The lowest BCUT2D eigenvalue weighted by molar-refractivity contribution is -0.124. The molecule has 0 aliphatic carbocycles. The van der Waals surface area contributed by atoms with Crippen LogP contribution in [-0.4, -0.2) is 34.6 Å². The molecule has 1 saturated heterocycles. The van der Waals surface area contributed by atoms with Crippen LogP contribution in [0.15, 0.2) is 53.4 Å². The van der Waals surface area contributed by atoms with E-state index in [2.05, 4.69) is 5.32 Å². The molecular weight excluding hydrogens is 407 g/mol. The summed E-state index contributed by atoms with van der Waals surface area (Å²) >= 11 is 0.889. The van der Waals surface area contributed by atoms with Crippen molar-refractivity contribution >= 4 is 40.6 Å². The van der Waals surface area contributed by atoms with Gasteiger partial charge >= 0.3 is 0 Å². The summed E-state index contributed by atoms with van der Waals surface area (Å²) in [5.41, 5.74) is 1.04. The number of nitrogens with zero attached hydrogens (tertiary/aromatic N) is 1. The van der Waals surface area contributed by atoms with Crippen molar-refractivity contribution in [3.05, 3.63) is 64.8 Å². The molecule has 3 amide bonds. The lowest BCUT2D eigenvalue weighted by Gasteiger charge is -2.19. The van der Waals surface area contributed by atoms with Crippen molar-refractivity contribution in [3.63, 3.8) is 0 Å². The lowest BCUT2D eigenvalue weighted by atomic mass is 10.1. The Morgan fingerprint density at radius 3 is 2.60 bits per heavy atom. The van der Waals surface area contributed by atoms with Crippen molar-refractivity contribution in [1.29, 1.82) is 0 Å². The number of nitrogens with one attached hydrogen (secondary N) is 1. The van der Waals surface area contributed by atoms with Crippen LogP contribution in [0.4, 0.5) is 14.9 Å². The van der Waals surface area contributed by atoms with Crippen LogP contribution in [-0.2, 0) is 9.59 Å². The van der Waals surface area contributed by atoms with Crippen LogP contribution in [0.5, 0.6) is 5.75 Å². The van der Waals surface area contributed by atoms with Crippen LogP contribution >= 0.6 is 11.8 Å². The molecule has 0 saturated carbocycles. The predicted octanol–water partition coefficient (Wildman–Crippen LogP) is 4.68. The second-order valence-corrected chi connectivity index (χ2v) is 7.68. The van der Waals surface area contributed by atoms with Gasteiger partial charge in [-0.3, -0.25) is 19.3 Å². The number of halogens is 1. The Balaban J connectivity index is 1.69. The molecule has 2 aromatic rings. The molecule has 0 radical (unpaired) electrons. The molecular formula is C22H21FN2O4S. The van der Waals surface area contributed by atoms with Gasteiger partial charge in [-0.1, -0.05) is 25.1 Å². The fourth-order valence-corrected chi connectivity index (χ4v) is 3.71. The normalized spacial score (nSPS) is 16.1. The topological polar surface area (TPSA) is 75.7 Å². The molecule has 30 heavy (non-hydrogen) atoms. The van der Waals surface area contributed by atoms with Crippen molar-refractivity contribution in [2.45, 2.75) is 26.3 Å². The zero-order valence-corrected chi connectivity index (χ0v) is 17.4. The van der Waals surface area contributed by atoms with E-state index >= 15 is 0 Å². The smallest absolute Gasteiger partial charge is 0.293 e. The Kier molecular flexibility index (Phi) is 6.89. The summed E-state index contributed by atoms with van der Waals surface area (Å²) < 4.78 is 18.6. The molecule has 1 aliphatic rings. The number of imide groups is 1. The van der Waals surface area contributed by atoms with Gasteiger partial charge in [0.1, 0.15) is 11.6 Å². The Hall–Kier alpha value is -3.13. The zero-order valence-electron chi connectivity index (χ0n) is 16.6. The quantitative estimate of drug-likeness (QED) is 0.648. The van der Waals surface area contributed by atoms with Gasteiger partial charge in [0.2, 0.25) is 0 Å². The van der Waals surface area contributed by atoms with Crippen molar-refractivity contribution in [2.75, 3.05) is 11.9 Å². The van der Waals surface area contributed by atoms with Gasteiger partial charge < -0.3 is 10.1 Å². The van der Waals surface area contributed by atoms with Crippen LogP contribution in [0.25, 0.3) is 6.08 Å². The van der Waals surface area contributed by atoms with Crippen molar-refractivity contribution < 1.29 is 23.5 Å². The van der Waals surface area contributed by atoms with E-state index in [1.54, 1.807) is 30.3 Å². The summed E-state index contributed by atoms with van der Waals surface area (Å²) in [5, 5.41) is 2.32. The molecule has 1 aliphatic heterocycles. The van der Waals surface area contributed by atoms with E-state index in [9.17, 15) is 18.8 Å². The Morgan fingerprint density at radius 1 is 1.20 bits per heavy atom. The highest BCUT2D eigenvalue weighted by Gasteiger charge is 2.37. The molecule has 8 heteroatoms. The number of thioether (sulfide) groups is 1. The third-order valence-electron chi connectivity index (χ3n) is 4.55. The highest BCUT2D eigenvalue weighted by Crippen LogP contribution is 2.35. The van der Waals surface area contributed by atoms with E-state index in [0.29, 0.717) is 28.3 Å². The van der Waals surface area contributed by atoms with Gasteiger partial charge in [0, 0.05) is 17.3 Å². The van der Waals surface area contributed by atoms with Gasteiger partial charge in [-0.25, -0.2) is 4.39 Å². The summed E-state index contributed by atoms with van der Waals surface area (Å²) in [4.78, 5) is 38.5. The van der Waals surface area contributed by atoms with E-state index in [0.717, 1.165) is 11.8 Å². The van der Waals surface area contributed by atoms with Crippen LogP contribution < -0.4 is 10.1 Å². The summed E-state index contributed by atoms with van der Waals surface area (Å²) in [6.45, 7) is 3.48. The second-order valence-electron chi connectivity index (χ2n) is 6.69. The molecule has 2 aromatic carbocycles. The number of anilines is 1. The number of hydrogen-bond acceptors (Lipinski definition) is 5. The number of rotatable bonds is 7. The summed E-state index contributed by atoms with van der Waals surface area (Å²) in [6.07, 6.45) is 2.27. The standard InChI is InChI=1S/C22H21FN2O4S/c1-3-14(2)25-21(27)19(30-22(25)28)12-15-6-4-5-7-18(15)29-13-20(26)24-17-10-8-16(23)9-11-17/h4-12,14H,3,13H2,1-2H3,(H,24,26). The van der Waals surface area contributed by atoms with Gasteiger partial charge in [-0.05, 0) is 61.5 Å². The maximum atomic E-state index is 13.0. The van der Waals surface area contributed by atoms with Gasteiger partial charge in [-0.2, -0.15) is 0 Å². The SMILES string of the molecule is CCC(C)N1C(=O)SC(=Cc2ccccc2OCC(=O)Nc2ccc(F)cc2)C1=O. The number of benzene rings is 2. The molecule has 1 atom stereocenters. The van der Waals surface area contributed by atoms with E-state index in [-0.39, 0.29) is 23.8 Å². The fraction of sp³-hybridized carbons (Fsp3) is 0.227. The molecule has 156 valence electrons. The van der Waals surface area contributed by atoms with Crippen molar-refractivity contribution in [2.24, 2.45) is 0 Å². The molecule has 1 unspecified atom stereocenters. The molecule has 1 fully saturated rings. The highest BCUT2D eigenvalue weighted by atomic mass is 32.2. The van der Waals surface area contributed by atoms with Crippen molar-refractivity contribution in [3.8, 4) is 5.75 Å². The molecule has 0 bridgehead atoms. The third-order valence-corrected chi connectivity index (χ3v) is 5.43. The highest BCUT2D eigenvalue weighted by molar-refractivity contribution is 8.18. The minimum Gasteiger partial charge on any atom is -0.483 e. The average Bonchev–Trinajstić information content (AvgIpc) is 3.01. The van der Waals surface area contributed by atoms with Crippen molar-refractivity contribution in [1.82, 2.24) is 4.90 Å². The first kappa shape index (κ1) is 21.6. The van der Waals surface area contributed by atoms with Gasteiger partial charge in [-0.15, -0.1) is 0 Å². The number of carbonyl (C=O) groups excluding carboxylic acids is 3. The molecule has 0 spiro atoms. The number of amides is 3. The Labute approximate surface area is 178 Å². The molecule has 0 aromatic heterocycles. The van der Waals surface area contributed by atoms with Crippen LogP contribution in [0.2, 0.25) is 0 Å². The fourth-order valence-electron chi connectivity index (χ4n) is 2.79. The van der Waals surface area contributed by atoms with Gasteiger partial charge in [0.15, 0.2) is 6.61 Å². The molecule has 6 nitrogen and oxygen atoms in total. The van der Waals surface area contributed by atoms with Gasteiger partial charge in [0.05, 0.1) is 4.91 Å². The van der Waals surface area contributed by atoms with E-state index in [1.165, 1.54) is 29.2 Å². The second kappa shape index (κ2) is 9.58. The molecule has 1 N–H and O–H groups in total. The van der Waals surface area contributed by atoms with Gasteiger partial charge in [0.25, 0.3) is 17.1 Å². The monoisotopic (exact) mass is 428 g/mol. The van der Waals surface area contributed by atoms with E-state index in [4.69, 9.17) is 4.74 Å². The minimum absolute atomic E-state index is 0.176. The minimum atomic E-state index is -0.409. The van der Waals surface area contributed by atoms with E-state index < -0.39 is 11.7 Å². The summed E-state index contributed by atoms with van der Waals surface area (Å²) in [7, 11) is 0. The number of para-hydroxylation sites is 1. The summed E-state index contributed by atoms with van der Waals surface area (Å²) in [5.74, 6) is -0.727. The predicted molar refractivity (Wildman–Crippen MR) is 115 cm³/mol. The lowest BCUT2D eigenvalue weighted by Crippen LogP contribution is -2.36. The largest absolute Gasteiger partial charge is 0.483 e. The maximum absolute atomic E-state index is 13.0. The molecule has 1 heterocycles. The number of ether oxygens (including phenoxy) is 1. The number of carbonyl (C=O) groups is 3. The van der Waals surface area contributed by atoms with E-state index in [1.807, 2.05) is 13.8 Å². The number of hydrogen-bond donors (Lipinski definition) is 1. The maximum Gasteiger partial charge on any atom is 0.293 e. The first-order valence-electron chi connectivity index (χ1n) is 9.43. The van der Waals surface area contributed by atoms with Crippen LogP contribution in [0, 0.1) is 5.82 Å². The Morgan fingerprint density at radius 2 is 1.90 bits per heavy atom. The molecule has 3 rings (SSSR count). The first-order valence-corrected chi connectivity index (χ1v) is 10.2. The Bertz CT molecular complexity index is 991. The van der Waals surface area contributed by atoms with Crippen LogP contribution in [0.3, 0.4) is 0 Å². The third kappa shape index (κ3) is 5.07. The summed E-state index contributed by atoms with van der Waals surface area (Å²) in [6, 6.07) is 12.2. The average molecular weight is 428 g/mol. The van der Waals surface area contributed by atoms with Crippen LogP contribution in [0.1, 0.15) is 25.8 Å². The first-order chi connectivity index (χ1) is 14.4.